The van der Waals surface area contributed by atoms with Gasteiger partial charge in [0.1, 0.15) is 0 Å². The number of halogens is 3. The van der Waals surface area contributed by atoms with Gasteiger partial charge in [0.15, 0.2) is 0 Å². The first kappa shape index (κ1) is 5.64. The van der Waals surface area contributed by atoms with Crippen molar-refractivity contribution in [2.24, 2.45) is 0 Å². The third-order valence-corrected chi connectivity index (χ3v) is 0.770. The average molecular weight is 149 g/mol. The minimum atomic E-state index is -4.56. The molecular formula is C5H3F3N2. The summed E-state index contributed by atoms with van der Waals surface area (Å²) in [4.78, 5) is 5.83. The van der Waals surface area contributed by atoms with E-state index in [1.807, 2.05) is 0 Å². The minimum Gasteiger partial charge on any atom is -0.233 e. The molecule has 0 aliphatic heterocycles. The highest BCUT2D eigenvalue weighted by Gasteiger charge is 2.33. The standard InChI is InChI=1S/C5H3F3N2/c6-5(7,8)4-9-2-1-3-10-4/h1-3H/i2D. The first-order valence-corrected chi connectivity index (χ1v) is 2.37. The van der Waals surface area contributed by atoms with Gasteiger partial charge in [0, 0.05) is 12.4 Å². The maximum Gasteiger partial charge on any atom is 0.451 e. The Labute approximate surface area is 56.1 Å². The Hall–Kier alpha value is -1.13. The number of alkyl halides is 3. The summed E-state index contributed by atoms with van der Waals surface area (Å²) in [5.41, 5.74) is 0. The number of nitrogens with zero attached hydrogens (tertiary/aromatic N) is 2. The smallest absolute Gasteiger partial charge is 0.233 e. The summed E-state index contributed by atoms with van der Waals surface area (Å²) < 4.78 is 42.0. The van der Waals surface area contributed by atoms with Crippen molar-refractivity contribution >= 4 is 0 Å². The van der Waals surface area contributed by atoms with Crippen LogP contribution >= 0.6 is 0 Å². The van der Waals surface area contributed by atoms with E-state index in [1.165, 1.54) is 0 Å². The summed E-state index contributed by atoms with van der Waals surface area (Å²) in [6.07, 6.45) is -4.10. The van der Waals surface area contributed by atoms with Gasteiger partial charge in [0.05, 0.1) is 1.37 Å². The van der Waals surface area contributed by atoms with E-state index in [2.05, 4.69) is 9.97 Å². The Morgan fingerprint density at radius 1 is 1.40 bits per heavy atom. The summed E-state index contributed by atoms with van der Waals surface area (Å²) in [5.74, 6) is -1.27. The lowest BCUT2D eigenvalue weighted by Crippen LogP contribution is -2.09. The molecule has 0 atom stereocenters. The van der Waals surface area contributed by atoms with Crippen molar-refractivity contribution in [2.45, 2.75) is 6.18 Å². The first-order chi connectivity index (χ1) is 5.00. The zero-order valence-electron chi connectivity index (χ0n) is 5.68. The van der Waals surface area contributed by atoms with Gasteiger partial charge in [-0.1, -0.05) is 0 Å². The second-order valence-electron chi connectivity index (χ2n) is 1.51. The van der Waals surface area contributed by atoms with Gasteiger partial charge in [0.25, 0.3) is 0 Å². The Kier molecular flexibility index (Phi) is 1.26. The van der Waals surface area contributed by atoms with E-state index in [0.29, 0.717) is 0 Å². The summed E-state index contributed by atoms with van der Waals surface area (Å²) in [6, 6.07) is 1.08. The van der Waals surface area contributed by atoms with Crippen molar-refractivity contribution in [3.8, 4) is 0 Å². The van der Waals surface area contributed by atoms with Crippen molar-refractivity contribution in [1.29, 1.82) is 0 Å². The molecule has 0 radical (unpaired) electrons. The van der Waals surface area contributed by atoms with Crippen molar-refractivity contribution < 1.29 is 14.5 Å². The fraction of sp³-hybridized carbons (Fsp3) is 0.200. The Bertz CT molecular complexity index is 260. The van der Waals surface area contributed by atoms with Crippen LogP contribution in [-0.2, 0) is 6.18 Å². The van der Waals surface area contributed by atoms with Crippen LogP contribution in [-0.4, -0.2) is 9.97 Å². The predicted molar refractivity (Wildman–Crippen MR) is 27.0 cm³/mol. The fourth-order valence-corrected chi connectivity index (χ4v) is 0.405. The van der Waals surface area contributed by atoms with Crippen LogP contribution in [0.15, 0.2) is 18.4 Å². The van der Waals surface area contributed by atoms with Crippen LogP contribution in [0.1, 0.15) is 7.20 Å². The van der Waals surface area contributed by atoms with Gasteiger partial charge < -0.3 is 0 Å². The molecule has 0 fully saturated rings. The van der Waals surface area contributed by atoms with Gasteiger partial charge in [-0.05, 0) is 6.07 Å². The quantitative estimate of drug-likeness (QED) is 0.558. The molecule has 0 aromatic carbocycles. The highest BCUT2D eigenvalue weighted by Crippen LogP contribution is 2.24. The molecule has 0 spiro atoms. The van der Waals surface area contributed by atoms with Gasteiger partial charge in [0.2, 0.25) is 5.82 Å². The molecule has 0 aliphatic carbocycles. The molecule has 0 aliphatic rings. The van der Waals surface area contributed by atoms with Crippen LogP contribution in [0.4, 0.5) is 13.2 Å². The number of aromatic nitrogens is 2. The lowest BCUT2D eigenvalue weighted by atomic mass is 10.5. The highest BCUT2D eigenvalue weighted by atomic mass is 19.4. The van der Waals surface area contributed by atoms with Gasteiger partial charge >= 0.3 is 6.18 Å². The molecule has 1 aromatic rings. The van der Waals surface area contributed by atoms with Gasteiger partial charge in [-0.25, -0.2) is 9.97 Å². The molecule has 1 rings (SSSR count). The molecule has 0 saturated carbocycles. The van der Waals surface area contributed by atoms with E-state index in [4.69, 9.17) is 1.37 Å². The second kappa shape index (κ2) is 2.24. The molecule has 54 valence electrons. The van der Waals surface area contributed by atoms with Gasteiger partial charge in [-0.15, -0.1) is 0 Å². The summed E-state index contributed by atoms with van der Waals surface area (Å²) in [6.45, 7) is 0. The topological polar surface area (TPSA) is 25.8 Å². The highest BCUT2D eigenvalue weighted by molar-refractivity contribution is 4.92. The molecule has 0 bridgehead atoms. The predicted octanol–water partition coefficient (Wildman–Crippen LogP) is 1.50. The van der Waals surface area contributed by atoms with Gasteiger partial charge in [-0.2, -0.15) is 13.2 Å². The molecule has 0 saturated heterocycles. The van der Waals surface area contributed by atoms with Crippen LogP contribution in [0.25, 0.3) is 0 Å². The van der Waals surface area contributed by atoms with E-state index in [0.717, 1.165) is 12.3 Å². The largest absolute Gasteiger partial charge is 0.451 e. The molecule has 10 heavy (non-hydrogen) atoms. The lowest BCUT2D eigenvalue weighted by Gasteiger charge is -2.01. The van der Waals surface area contributed by atoms with Crippen molar-refractivity contribution in [1.82, 2.24) is 9.97 Å². The summed E-state index contributed by atoms with van der Waals surface area (Å²) in [7, 11) is 0. The van der Waals surface area contributed by atoms with Crippen LogP contribution in [0, 0.1) is 0 Å². The molecule has 1 aromatic heterocycles. The van der Waals surface area contributed by atoms with Crippen LogP contribution in [0.5, 0.6) is 0 Å². The Balaban J connectivity index is 3.06. The zero-order valence-corrected chi connectivity index (χ0v) is 4.68. The van der Waals surface area contributed by atoms with E-state index in [1.54, 1.807) is 0 Å². The normalized spacial score (nSPS) is 12.9. The maximum absolute atomic E-state index is 11.8. The Morgan fingerprint density at radius 3 is 2.50 bits per heavy atom. The van der Waals surface area contributed by atoms with E-state index >= 15 is 0 Å². The summed E-state index contributed by atoms with van der Waals surface area (Å²) in [5, 5.41) is 0. The third-order valence-electron chi connectivity index (χ3n) is 0.770. The fourth-order valence-electron chi connectivity index (χ4n) is 0.405. The van der Waals surface area contributed by atoms with Crippen molar-refractivity contribution in [3.63, 3.8) is 0 Å². The molecule has 2 nitrogen and oxygen atoms in total. The molecular weight excluding hydrogens is 145 g/mol. The number of hydrogen-bond donors (Lipinski definition) is 0. The van der Waals surface area contributed by atoms with Gasteiger partial charge in [-0.3, -0.25) is 0 Å². The molecule has 5 heteroatoms. The zero-order chi connectivity index (χ0) is 8.48. The SMILES string of the molecule is [2H]c1ccnc(C(F)(F)F)n1. The van der Waals surface area contributed by atoms with E-state index in [-0.39, 0.29) is 0 Å². The number of hydrogen-bond acceptors (Lipinski definition) is 2. The molecule has 0 unspecified atom stereocenters. The van der Waals surface area contributed by atoms with Crippen LogP contribution in [0.3, 0.4) is 0 Å². The van der Waals surface area contributed by atoms with E-state index < -0.39 is 18.2 Å². The first-order valence-electron chi connectivity index (χ1n) is 2.87. The molecule has 1 heterocycles. The van der Waals surface area contributed by atoms with Crippen LogP contribution in [0.2, 0.25) is 0 Å². The average Bonchev–Trinajstić information content (AvgIpc) is 1.86. The maximum atomic E-state index is 11.8. The van der Waals surface area contributed by atoms with Crippen molar-refractivity contribution in [2.75, 3.05) is 0 Å². The third kappa shape index (κ3) is 1.43. The molecule has 0 amide bonds. The molecule has 0 N–H and O–H groups in total. The van der Waals surface area contributed by atoms with Crippen LogP contribution < -0.4 is 0 Å². The van der Waals surface area contributed by atoms with E-state index in [9.17, 15) is 13.2 Å². The Morgan fingerprint density at radius 2 is 2.10 bits per heavy atom. The number of rotatable bonds is 0. The monoisotopic (exact) mass is 149 g/mol. The summed E-state index contributed by atoms with van der Waals surface area (Å²) >= 11 is 0. The minimum absolute atomic E-state index is 0.438. The van der Waals surface area contributed by atoms with Crippen molar-refractivity contribution in [3.05, 3.63) is 24.3 Å². The lowest BCUT2D eigenvalue weighted by molar-refractivity contribution is -0.145. The second-order valence-corrected chi connectivity index (χ2v) is 1.51.